The van der Waals surface area contributed by atoms with Crippen LogP contribution in [0.3, 0.4) is 0 Å². The maximum absolute atomic E-state index is 6.26. The van der Waals surface area contributed by atoms with E-state index in [9.17, 15) is 0 Å². The van der Waals surface area contributed by atoms with Crippen molar-refractivity contribution in [3.8, 4) is 0 Å². The topological polar surface area (TPSA) is 89.0 Å². The van der Waals surface area contributed by atoms with Crippen LogP contribution in [0.2, 0.25) is 0 Å². The Kier molecular flexibility index (Phi) is 13.9. The molecule has 0 amide bonds. The molecule has 0 rings (SSSR count). The third-order valence-electron chi connectivity index (χ3n) is 5.90. The van der Waals surface area contributed by atoms with Crippen molar-refractivity contribution in [2.75, 3.05) is 26.4 Å². The van der Waals surface area contributed by atoms with Gasteiger partial charge in [0.2, 0.25) is 0 Å². The molecule has 0 aliphatic carbocycles. The predicted molar refractivity (Wildman–Crippen MR) is 126 cm³/mol. The Morgan fingerprint density at radius 2 is 1.30 bits per heavy atom. The van der Waals surface area contributed by atoms with Crippen LogP contribution in [0.1, 0.15) is 82.1 Å². The molecule has 182 valence electrons. The van der Waals surface area contributed by atoms with E-state index in [1.165, 1.54) is 0 Å². The molecule has 6 heteroatoms. The molecule has 0 saturated heterocycles. The van der Waals surface area contributed by atoms with Crippen molar-refractivity contribution >= 4 is 0 Å². The summed E-state index contributed by atoms with van der Waals surface area (Å²) in [5, 5.41) is 0. The standard InChI is InChI=1S/C24H52N2O4/c1-17(24(9,10)30-21(5)16-27-14-18(2)25)11-12-28-22(6)23(7,8)13-20(4)29-15-19(3)26/h17-22H,11-16,25-26H2,1-10H3. The van der Waals surface area contributed by atoms with Gasteiger partial charge in [0, 0.05) is 18.7 Å². The SMILES string of the molecule is CC(N)COCC(C)OC(C)(C)C(C)CCOC(C)C(C)(C)CC(C)OCC(C)N. The molecule has 30 heavy (non-hydrogen) atoms. The maximum atomic E-state index is 6.26. The first-order chi connectivity index (χ1) is 13.7. The van der Waals surface area contributed by atoms with E-state index in [0.29, 0.717) is 32.3 Å². The first kappa shape index (κ1) is 29.8. The smallest absolute Gasteiger partial charge is 0.0787 e. The fraction of sp³-hybridized carbons (Fsp3) is 1.00. The van der Waals surface area contributed by atoms with Crippen molar-refractivity contribution in [3.05, 3.63) is 0 Å². The van der Waals surface area contributed by atoms with Crippen molar-refractivity contribution in [3.63, 3.8) is 0 Å². The lowest BCUT2D eigenvalue weighted by Gasteiger charge is -2.37. The number of hydrogen-bond donors (Lipinski definition) is 2. The normalized spacial score (nSPS) is 19.2. The average molecular weight is 433 g/mol. The Balaban J connectivity index is 4.36. The van der Waals surface area contributed by atoms with Crippen LogP contribution in [-0.2, 0) is 18.9 Å². The van der Waals surface area contributed by atoms with Gasteiger partial charge >= 0.3 is 0 Å². The summed E-state index contributed by atoms with van der Waals surface area (Å²) in [5.41, 5.74) is 11.3. The number of ether oxygens (including phenoxy) is 4. The zero-order chi connectivity index (χ0) is 23.5. The molecule has 0 aliphatic heterocycles. The van der Waals surface area contributed by atoms with Crippen LogP contribution >= 0.6 is 0 Å². The van der Waals surface area contributed by atoms with Gasteiger partial charge in [-0.2, -0.15) is 0 Å². The van der Waals surface area contributed by atoms with Gasteiger partial charge in [0.25, 0.3) is 0 Å². The molecule has 0 bridgehead atoms. The quantitative estimate of drug-likeness (QED) is 0.359. The highest BCUT2D eigenvalue weighted by atomic mass is 16.5. The summed E-state index contributed by atoms with van der Waals surface area (Å²) in [6.07, 6.45) is 2.20. The van der Waals surface area contributed by atoms with Crippen LogP contribution in [-0.4, -0.2) is 62.4 Å². The van der Waals surface area contributed by atoms with Gasteiger partial charge < -0.3 is 30.4 Å². The summed E-state index contributed by atoms with van der Waals surface area (Å²) in [6.45, 7) is 23.6. The Hall–Kier alpha value is -0.240. The lowest BCUT2D eigenvalue weighted by Crippen LogP contribution is -2.39. The van der Waals surface area contributed by atoms with Crippen molar-refractivity contribution in [1.82, 2.24) is 0 Å². The molecule has 0 fully saturated rings. The summed E-state index contributed by atoms with van der Waals surface area (Å²) < 4.78 is 23.9. The van der Waals surface area contributed by atoms with E-state index in [1.54, 1.807) is 0 Å². The van der Waals surface area contributed by atoms with Gasteiger partial charge in [0.05, 0.1) is 43.7 Å². The molecular weight excluding hydrogens is 380 g/mol. The van der Waals surface area contributed by atoms with E-state index in [2.05, 4.69) is 48.5 Å². The van der Waals surface area contributed by atoms with E-state index < -0.39 is 0 Å². The van der Waals surface area contributed by atoms with Gasteiger partial charge in [-0.25, -0.2) is 0 Å². The second-order valence-corrected chi connectivity index (χ2v) is 10.6. The number of rotatable bonds is 17. The van der Waals surface area contributed by atoms with E-state index in [1.807, 2.05) is 20.8 Å². The minimum Gasteiger partial charge on any atom is -0.378 e. The number of hydrogen-bond acceptors (Lipinski definition) is 6. The maximum Gasteiger partial charge on any atom is 0.0787 e. The largest absolute Gasteiger partial charge is 0.378 e. The monoisotopic (exact) mass is 432 g/mol. The van der Waals surface area contributed by atoms with E-state index >= 15 is 0 Å². The molecule has 0 saturated carbocycles. The average Bonchev–Trinajstić information content (AvgIpc) is 2.58. The first-order valence-electron chi connectivity index (χ1n) is 11.7. The molecule has 0 aliphatic rings. The van der Waals surface area contributed by atoms with Crippen molar-refractivity contribution in [1.29, 1.82) is 0 Å². The fourth-order valence-corrected chi connectivity index (χ4v) is 3.37. The van der Waals surface area contributed by atoms with E-state index in [4.69, 9.17) is 30.4 Å². The van der Waals surface area contributed by atoms with Gasteiger partial charge in [-0.1, -0.05) is 20.8 Å². The van der Waals surface area contributed by atoms with Crippen molar-refractivity contribution < 1.29 is 18.9 Å². The molecule has 0 aromatic carbocycles. The summed E-state index contributed by atoms with van der Waals surface area (Å²) >= 11 is 0. The predicted octanol–water partition coefficient (Wildman–Crippen LogP) is 4.13. The highest BCUT2D eigenvalue weighted by Crippen LogP contribution is 2.31. The molecule has 6 unspecified atom stereocenters. The molecular formula is C24H52N2O4. The molecule has 6 nitrogen and oxygen atoms in total. The minimum atomic E-state index is -0.250. The lowest BCUT2D eigenvalue weighted by atomic mass is 9.82. The van der Waals surface area contributed by atoms with Gasteiger partial charge in [0.15, 0.2) is 0 Å². The summed E-state index contributed by atoms with van der Waals surface area (Å²) in [6, 6.07) is 0.112. The van der Waals surface area contributed by atoms with Crippen LogP contribution in [0, 0.1) is 11.3 Å². The minimum absolute atomic E-state index is 0.0257. The fourth-order valence-electron chi connectivity index (χ4n) is 3.37. The van der Waals surface area contributed by atoms with Gasteiger partial charge in [-0.05, 0) is 72.6 Å². The Bertz CT molecular complexity index is 441. The first-order valence-corrected chi connectivity index (χ1v) is 11.7. The highest BCUT2D eigenvalue weighted by Gasteiger charge is 2.31. The highest BCUT2D eigenvalue weighted by molar-refractivity contribution is 4.80. The molecule has 0 radical (unpaired) electrons. The third-order valence-corrected chi connectivity index (χ3v) is 5.90. The molecule has 0 spiro atoms. The Labute approximate surface area is 186 Å². The molecule has 0 aromatic heterocycles. The van der Waals surface area contributed by atoms with E-state index in [-0.39, 0.29) is 41.4 Å². The van der Waals surface area contributed by atoms with Crippen molar-refractivity contribution in [2.24, 2.45) is 22.8 Å². The second kappa shape index (κ2) is 14.0. The second-order valence-electron chi connectivity index (χ2n) is 10.6. The van der Waals surface area contributed by atoms with Gasteiger partial charge in [-0.3, -0.25) is 0 Å². The zero-order valence-electron chi connectivity index (χ0n) is 21.5. The van der Waals surface area contributed by atoms with Crippen LogP contribution in [0.15, 0.2) is 0 Å². The molecule has 0 heterocycles. The zero-order valence-corrected chi connectivity index (χ0v) is 21.5. The van der Waals surface area contributed by atoms with Gasteiger partial charge in [-0.15, -0.1) is 0 Å². The van der Waals surface area contributed by atoms with Crippen LogP contribution < -0.4 is 11.5 Å². The van der Waals surface area contributed by atoms with Crippen molar-refractivity contribution in [2.45, 2.75) is 118 Å². The Morgan fingerprint density at radius 1 is 0.733 bits per heavy atom. The summed E-state index contributed by atoms with van der Waals surface area (Å²) in [4.78, 5) is 0. The van der Waals surface area contributed by atoms with Crippen LogP contribution in [0.4, 0.5) is 0 Å². The summed E-state index contributed by atoms with van der Waals surface area (Å²) in [5.74, 6) is 0.358. The summed E-state index contributed by atoms with van der Waals surface area (Å²) in [7, 11) is 0. The Morgan fingerprint density at radius 3 is 1.83 bits per heavy atom. The van der Waals surface area contributed by atoms with Crippen LogP contribution in [0.25, 0.3) is 0 Å². The molecule has 6 atom stereocenters. The van der Waals surface area contributed by atoms with Gasteiger partial charge in [0.1, 0.15) is 0 Å². The third kappa shape index (κ3) is 13.2. The molecule has 0 aromatic rings. The molecule has 4 N–H and O–H groups in total. The van der Waals surface area contributed by atoms with Crippen LogP contribution in [0.5, 0.6) is 0 Å². The number of nitrogens with two attached hydrogens (primary N) is 2. The lowest BCUT2D eigenvalue weighted by molar-refractivity contribution is -0.125. The van der Waals surface area contributed by atoms with E-state index in [0.717, 1.165) is 12.8 Å².